The molecule has 0 saturated carbocycles. The molecule has 0 N–H and O–H groups in total. The fraction of sp³-hybridized carbons (Fsp3) is 0.176. The van der Waals surface area contributed by atoms with Gasteiger partial charge in [0.1, 0.15) is 0 Å². The van der Waals surface area contributed by atoms with Gasteiger partial charge in [0.2, 0.25) is 0 Å². The number of hydrogen-bond donors (Lipinski definition) is 0. The van der Waals surface area contributed by atoms with Gasteiger partial charge in [-0.1, -0.05) is 42.0 Å². The summed E-state index contributed by atoms with van der Waals surface area (Å²) in [4.78, 5) is 0. The van der Waals surface area contributed by atoms with E-state index in [1.54, 1.807) is 0 Å². The summed E-state index contributed by atoms with van der Waals surface area (Å²) in [5.41, 5.74) is 4.19. The minimum Gasteiger partial charge on any atom is -0.144 e. The van der Waals surface area contributed by atoms with Crippen molar-refractivity contribution in [2.45, 2.75) is 19.8 Å². The van der Waals surface area contributed by atoms with E-state index in [9.17, 15) is 0 Å². The van der Waals surface area contributed by atoms with E-state index in [0.717, 1.165) is 12.8 Å². The van der Waals surface area contributed by atoms with Crippen LogP contribution in [0.1, 0.15) is 16.7 Å². The zero-order valence-electron chi connectivity index (χ0n) is 10.5. The fourth-order valence-electron chi connectivity index (χ4n) is 2.22. The van der Waals surface area contributed by atoms with Crippen molar-refractivity contribution >= 4 is 21.4 Å². The van der Waals surface area contributed by atoms with Gasteiger partial charge < -0.3 is 0 Å². The largest absolute Gasteiger partial charge is 0.144 e. The Morgan fingerprint density at radius 1 is 0.833 bits per heavy atom. The van der Waals surface area contributed by atoms with Crippen LogP contribution in [0.15, 0.2) is 53.9 Å². The Balaban J connectivity index is 1.74. The van der Waals surface area contributed by atoms with Crippen LogP contribution in [0.4, 0.5) is 0 Å². The maximum atomic E-state index is 2.32. The van der Waals surface area contributed by atoms with Crippen LogP contribution in [0.25, 0.3) is 10.1 Å². The number of rotatable bonds is 3. The molecule has 2 aromatic carbocycles. The first kappa shape index (κ1) is 11.5. The van der Waals surface area contributed by atoms with Crippen molar-refractivity contribution in [3.63, 3.8) is 0 Å². The number of thiophene rings is 1. The molecule has 0 saturated heterocycles. The van der Waals surface area contributed by atoms with Gasteiger partial charge >= 0.3 is 0 Å². The Morgan fingerprint density at radius 3 is 2.39 bits per heavy atom. The predicted molar refractivity (Wildman–Crippen MR) is 80.4 cm³/mol. The molecule has 0 aliphatic rings. The first-order chi connectivity index (χ1) is 8.81. The van der Waals surface area contributed by atoms with Crippen LogP contribution < -0.4 is 0 Å². The molecular weight excluding hydrogens is 236 g/mol. The lowest BCUT2D eigenvalue weighted by Crippen LogP contribution is -1.91. The average molecular weight is 252 g/mol. The molecule has 0 bridgehead atoms. The zero-order chi connectivity index (χ0) is 12.4. The summed E-state index contributed by atoms with van der Waals surface area (Å²) < 4.78 is 1.38. The smallest absolute Gasteiger partial charge is 0.0342 e. The number of aryl methyl sites for hydroxylation is 3. The van der Waals surface area contributed by atoms with Gasteiger partial charge in [-0.3, -0.25) is 0 Å². The predicted octanol–water partition coefficient (Wildman–Crippen LogP) is 4.99. The molecule has 18 heavy (non-hydrogen) atoms. The van der Waals surface area contributed by atoms with Gasteiger partial charge in [0.15, 0.2) is 0 Å². The molecule has 1 heteroatoms. The Labute approximate surface area is 112 Å². The average Bonchev–Trinajstić information content (AvgIpc) is 2.85. The van der Waals surface area contributed by atoms with Gasteiger partial charge in [-0.25, -0.2) is 0 Å². The van der Waals surface area contributed by atoms with Crippen molar-refractivity contribution in [2.75, 3.05) is 0 Å². The first-order valence-corrected chi connectivity index (χ1v) is 7.21. The number of benzene rings is 2. The van der Waals surface area contributed by atoms with Crippen LogP contribution in [0, 0.1) is 6.92 Å². The Bertz CT molecular complexity index is 647. The van der Waals surface area contributed by atoms with E-state index in [4.69, 9.17) is 0 Å². The molecule has 0 fully saturated rings. The van der Waals surface area contributed by atoms with E-state index in [-0.39, 0.29) is 0 Å². The molecule has 0 nitrogen and oxygen atoms in total. The van der Waals surface area contributed by atoms with Crippen molar-refractivity contribution in [1.29, 1.82) is 0 Å². The highest BCUT2D eigenvalue weighted by Crippen LogP contribution is 2.22. The van der Waals surface area contributed by atoms with E-state index in [1.165, 1.54) is 26.8 Å². The number of fused-ring (bicyclic) bond motifs is 1. The molecule has 0 atom stereocenters. The summed E-state index contributed by atoms with van der Waals surface area (Å²) in [6.45, 7) is 2.13. The van der Waals surface area contributed by atoms with E-state index in [2.05, 4.69) is 60.8 Å². The summed E-state index contributed by atoms with van der Waals surface area (Å²) >= 11 is 1.81. The van der Waals surface area contributed by atoms with Crippen molar-refractivity contribution in [3.05, 3.63) is 70.6 Å². The third kappa shape index (κ3) is 2.46. The van der Waals surface area contributed by atoms with E-state index in [0.29, 0.717) is 0 Å². The molecule has 3 rings (SSSR count). The van der Waals surface area contributed by atoms with Gasteiger partial charge in [0.25, 0.3) is 0 Å². The number of hydrogen-bond acceptors (Lipinski definition) is 1. The summed E-state index contributed by atoms with van der Waals surface area (Å²) in [6, 6.07) is 17.9. The zero-order valence-corrected chi connectivity index (χ0v) is 11.3. The van der Waals surface area contributed by atoms with E-state index in [1.807, 2.05) is 11.3 Å². The van der Waals surface area contributed by atoms with Crippen molar-refractivity contribution in [1.82, 2.24) is 0 Å². The first-order valence-electron chi connectivity index (χ1n) is 6.33. The highest BCUT2D eigenvalue weighted by atomic mass is 32.1. The maximum Gasteiger partial charge on any atom is 0.0342 e. The third-order valence-electron chi connectivity index (χ3n) is 3.34. The summed E-state index contributed by atoms with van der Waals surface area (Å²) in [5, 5.41) is 3.54. The van der Waals surface area contributed by atoms with Crippen LogP contribution in [0.3, 0.4) is 0 Å². The normalized spacial score (nSPS) is 10.9. The third-order valence-corrected chi connectivity index (χ3v) is 4.24. The fourth-order valence-corrected chi connectivity index (χ4v) is 2.99. The maximum absolute atomic E-state index is 2.32. The monoisotopic (exact) mass is 252 g/mol. The SMILES string of the molecule is Cc1ccc(CCc2ccc3sccc3c2)cc1. The molecule has 0 spiro atoms. The second-order valence-electron chi connectivity index (χ2n) is 4.78. The lowest BCUT2D eigenvalue weighted by atomic mass is 10.0. The topological polar surface area (TPSA) is 0 Å². The molecule has 1 aromatic heterocycles. The minimum atomic E-state index is 1.12. The highest BCUT2D eigenvalue weighted by Gasteiger charge is 1.99. The highest BCUT2D eigenvalue weighted by molar-refractivity contribution is 7.17. The van der Waals surface area contributed by atoms with Gasteiger partial charge in [-0.05, 0) is 53.8 Å². The van der Waals surface area contributed by atoms with Crippen LogP contribution in [0.5, 0.6) is 0 Å². The van der Waals surface area contributed by atoms with Crippen molar-refractivity contribution < 1.29 is 0 Å². The molecule has 0 amide bonds. The molecule has 0 aliphatic carbocycles. The summed E-state index contributed by atoms with van der Waals surface area (Å²) in [7, 11) is 0. The van der Waals surface area contributed by atoms with Crippen molar-refractivity contribution in [2.24, 2.45) is 0 Å². The standard InChI is InChI=1S/C17H16S/c1-13-2-4-14(5-3-13)6-7-15-8-9-17-16(12-15)10-11-18-17/h2-5,8-12H,6-7H2,1H3. The van der Waals surface area contributed by atoms with E-state index >= 15 is 0 Å². The van der Waals surface area contributed by atoms with Gasteiger partial charge in [0, 0.05) is 4.70 Å². The van der Waals surface area contributed by atoms with Gasteiger partial charge in [-0.2, -0.15) is 0 Å². The van der Waals surface area contributed by atoms with Crippen LogP contribution in [0.2, 0.25) is 0 Å². The van der Waals surface area contributed by atoms with E-state index < -0.39 is 0 Å². The molecule has 90 valence electrons. The second-order valence-corrected chi connectivity index (χ2v) is 5.73. The lowest BCUT2D eigenvalue weighted by Gasteiger charge is -2.03. The van der Waals surface area contributed by atoms with Crippen molar-refractivity contribution in [3.8, 4) is 0 Å². The Hall–Kier alpha value is -1.60. The molecule has 1 heterocycles. The van der Waals surface area contributed by atoms with Crippen LogP contribution in [-0.2, 0) is 12.8 Å². The minimum absolute atomic E-state index is 1.12. The second kappa shape index (κ2) is 4.95. The molecule has 0 unspecified atom stereocenters. The molecule has 0 radical (unpaired) electrons. The summed E-state index contributed by atoms with van der Waals surface area (Å²) in [6.07, 6.45) is 2.24. The van der Waals surface area contributed by atoms with Gasteiger partial charge in [0.05, 0.1) is 0 Å². The molecule has 3 aromatic rings. The molecular formula is C17H16S. The van der Waals surface area contributed by atoms with Gasteiger partial charge in [-0.15, -0.1) is 11.3 Å². The van der Waals surface area contributed by atoms with Crippen LogP contribution >= 0.6 is 11.3 Å². The molecule has 0 aliphatic heterocycles. The Kier molecular flexibility index (Phi) is 3.16. The quantitative estimate of drug-likeness (QED) is 0.615. The lowest BCUT2D eigenvalue weighted by molar-refractivity contribution is 0.961. The summed E-state index contributed by atoms with van der Waals surface area (Å²) in [5.74, 6) is 0. The Morgan fingerprint density at radius 2 is 1.56 bits per heavy atom. The van der Waals surface area contributed by atoms with Crippen LogP contribution in [-0.4, -0.2) is 0 Å².